The van der Waals surface area contributed by atoms with Gasteiger partial charge in [0.25, 0.3) is 0 Å². The zero-order valence-electron chi connectivity index (χ0n) is 20.3. The maximum Gasteiger partial charge on any atom is 0.316 e. The van der Waals surface area contributed by atoms with Gasteiger partial charge >= 0.3 is 5.97 Å². The van der Waals surface area contributed by atoms with Crippen LogP contribution in [0.25, 0.3) is 0 Å². The van der Waals surface area contributed by atoms with Crippen molar-refractivity contribution in [3.05, 3.63) is 77.3 Å². The van der Waals surface area contributed by atoms with Crippen LogP contribution in [0, 0.1) is 0 Å². The average Bonchev–Trinajstić information content (AvgIpc) is 2.85. The number of thioether (sulfide) groups is 1. The molecule has 0 aliphatic carbocycles. The van der Waals surface area contributed by atoms with Gasteiger partial charge in [0.05, 0.1) is 25.1 Å². The highest BCUT2D eigenvalue weighted by atomic mass is 35.5. The number of para-hydroxylation sites is 1. The number of esters is 1. The Kier molecular flexibility index (Phi) is 10.6. The van der Waals surface area contributed by atoms with Crippen molar-refractivity contribution in [1.82, 2.24) is 0 Å². The lowest BCUT2D eigenvalue weighted by atomic mass is 10.1. The van der Waals surface area contributed by atoms with Gasteiger partial charge in [-0.15, -0.1) is 11.8 Å². The summed E-state index contributed by atoms with van der Waals surface area (Å²) >= 11 is 7.67. The number of halogens is 1. The van der Waals surface area contributed by atoms with Gasteiger partial charge in [-0.2, -0.15) is 0 Å². The SMILES string of the molecule is CCOC(=O)CSc1ccc(OCCC(C)Oc2ccc(Cl)cc2Oc2ccccc2)cc1CC. The van der Waals surface area contributed by atoms with Crippen LogP contribution in [-0.2, 0) is 16.0 Å². The largest absolute Gasteiger partial charge is 0.493 e. The highest BCUT2D eigenvalue weighted by molar-refractivity contribution is 8.00. The maximum absolute atomic E-state index is 11.7. The number of hydrogen-bond acceptors (Lipinski definition) is 6. The Morgan fingerprint density at radius 2 is 1.77 bits per heavy atom. The molecule has 0 heterocycles. The molecular formula is C28H31ClO5S. The average molecular weight is 515 g/mol. The number of benzene rings is 3. The normalized spacial score (nSPS) is 11.5. The van der Waals surface area contributed by atoms with Crippen LogP contribution < -0.4 is 14.2 Å². The fourth-order valence-corrected chi connectivity index (χ4v) is 4.37. The molecule has 0 bridgehead atoms. The van der Waals surface area contributed by atoms with E-state index in [9.17, 15) is 4.79 Å². The second kappa shape index (κ2) is 13.9. The molecule has 0 N–H and O–H groups in total. The zero-order chi connectivity index (χ0) is 25.0. The topological polar surface area (TPSA) is 54.0 Å². The van der Waals surface area contributed by atoms with E-state index in [1.54, 1.807) is 12.1 Å². The second-order valence-corrected chi connectivity index (χ2v) is 9.24. The Bertz CT molecular complexity index is 1090. The fraction of sp³-hybridized carbons (Fsp3) is 0.321. The summed E-state index contributed by atoms with van der Waals surface area (Å²) in [5, 5.41) is 0.579. The van der Waals surface area contributed by atoms with Gasteiger partial charge in [0.1, 0.15) is 11.5 Å². The molecule has 0 amide bonds. The first-order valence-electron chi connectivity index (χ1n) is 11.7. The van der Waals surface area contributed by atoms with E-state index >= 15 is 0 Å². The summed E-state index contributed by atoms with van der Waals surface area (Å²) in [6.45, 7) is 6.79. The van der Waals surface area contributed by atoms with Crippen LogP contribution in [-0.4, -0.2) is 31.0 Å². The number of carbonyl (C=O) groups excluding carboxylic acids is 1. The van der Waals surface area contributed by atoms with Gasteiger partial charge in [0.15, 0.2) is 11.5 Å². The lowest BCUT2D eigenvalue weighted by molar-refractivity contribution is -0.139. The Morgan fingerprint density at radius 3 is 2.51 bits per heavy atom. The van der Waals surface area contributed by atoms with Crippen molar-refractivity contribution in [3.63, 3.8) is 0 Å². The molecular weight excluding hydrogens is 484 g/mol. The van der Waals surface area contributed by atoms with E-state index in [2.05, 4.69) is 6.92 Å². The molecule has 7 heteroatoms. The third-order valence-corrected chi connectivity index (χ3v) is 6.39. The van der Waals surface area contributed by atoms with Gasteiger partial charge < -0.3 is 18.9 Å². The van der Waals surface area contributed by atoms with Gasteiger partial charge in [-0.3, -0.25) is 4.79 Å². The molecule has 3 rings (SSSR count). The predicted octanol–water partition coefficient (Wildman–Crippen LogP) is 7.59. The number of hydrogen-bond donors (Lipinski definition) is 0. The molecule has 3 aromatic carbocycles. The third kappa shape index (κ3) is 8.71. The molecule has 0 saturated carbocycles. The van der Waals surface area contributed by atoms with Crippen LogP contribution in [0.5, 0.6) is 23.0 Å². The van der Waals surface area contributed by atoms with Crippen molar-refractivity contribution in [1.29, 1.82) is 0 Å². The highest BCUT2D eigenvalue weighted by Crippen LogP contribution is 2.35. The molecule has 0 fully saturated rings. The summed E-state index contributed by atoms with van der Waals surface area (Å²) in [7, 11) is 0. The van der Waals surface area contributed by atoms with Crippen molar-refractivity contribution >= 4 is 29.3 Å². The predicted molar refractivity (Wildman–Crippen MR) is 141 cm³/mol. The second-order valence-electron chi connectivity index (χ2n) is 7.79. The monoisotopic (exact) mass is 514 g/mol. The van der Waals surface area contributed by atoms with Crippen LogP contribution >= 0.6 is 23.4 Å². The quantitative estimate of drug-likeness (QED) is 0.173. The van der Waals surface area contributed by atoms with E-state index < -0.39 is 0 Å². The van der Waals surface area contributed by atoms with Crippen molar-refractivity contribution in [3.8, 4) is 23.0 Å². The Labute approximate surface area is 216 Å². The lowest BCUT2D eigenvalue weighted by Crippen LogP contribution is -2.16. The zero-order valence-corrected chi connectivity index (χ0v) is 21.9. The Balaban J connectivity index is 1.53. The van der Waals surface area contributed by atoms with Crippen LogP contribution in [0.2, 0.25) is 5.02 Å². The van der Waals surface area contributed by atoms with E-state index in [1.165, 1.54) is 11.8 Å². The van der Waals surface area contributed by atoms with E-state index in [-0.39, 0.29) is 12.1 Å². The van der Waals surface area contributed by atoms with E-state index in [1.807, 2.05) is 68.4 Å². The van der Waals surface area contributed by atoms with E-state index in [0.717, 1.165) is 22.6 Å². The summed E-state index contributed by atoms with van der Waals surface area (Å²) in [4.78, 5) is 12.7. The Morgan fingerprint density at radius 1 is 0.971 bits per heavy atom. The van der Waals surface area contributed by atoms with Crippen molar-refractivity contribution < 1.29 is 23.7 Å². The van der Waals surface area contributed by atoms with Gasteiger partial charge in [-0.1, -0.05) is 36.7 Å². The van der Waals surface area contributed by atoms with E-state index in [0.29, 0.717) is 47.7 Å². The van der Waals surface area contributed by atoms with Gasteiger partial charge in [0, 0.05) is 22.4 Å². The molecule has 0 aliphatic rings. The van der Waals surface area contributed by atoms with Crippen molar-refractivity contribution in [2.45, 2.75) is 44.6 Å². The molecule has 35 heavy (non-hydrogen) atoms. The Hall–Kier alpha value is -2.83. The molecule has 5 nitrogen and oxygen atoms in total. The van der Waals surface area contributed by atoms with Gasteiger partial charge in [-0.25, -0.2) is 0 Å². The minimum absolute atomic E-state index is 0.0978. The van der Waals surface area contributed by atoms with Crippen LogP contribution in [0.15, 0.2) is 71.6 Å². The third-order valence-electron chi connectivity index (χ3n) is 5.06. The number of aryl methyl sites for hydroxylation is 1. The minimum atomic E-state index is -0.202. The van der Waals surface area contributed by atoms with Crippen molar-refractivity contribution in [2.75, 3.05) is 19.0 Å². The highest BCUT2D eigenvalue weighted by Gasteiger charge is 2.13. The number of rotatable bonds is 13. The summed E-state index contributed by atoms with van der Waals surface area (Å²) < 4.78 is 23.1. The molecule has 0 aromatic heterocycles. The molecule has 0 radical (unpaired) electrons. The molecule has 186 valence electrons. The first kappa shape index (κ1) is 26.8. The van der Waals surface area contributed by atoms with Crippen molar-refractivity contribution in [2.24, 2.45) is 0 Å². The fourth-order valence-electron chi connectivity index (χ4n) is 3.29. The number of ether oxygens (including phenoxy) is 4. The first-order chi connectivity index (χ1) is 17.0. The van der Waals surface area contributed by atoms with Crippen LogP contribution in [0.1, 0.15) is 32.8 Å². The molecule has 3 aromatic rings. The maximum atomic E-state index is 11.7. The summed E-state index contributed by atoms with van der Waals surface area (Å²) in [6.07, 6.45) is 1.44. The van der Waals surface area contributed by atoms with Gasteiger partial charge in [0.2, 0.25) is 0 Å². The molecule has 1 atom stereocenters. The van der Waals surface area contributed by atoms with E-state index in [4.69, 9.17) is 30.5 Å². The van der Waals surface area contributed by atoms with Crippen LogP contribution in [0.3, 0.4) is 0 Å². The smallest absolute Gasteiger partial charge is 0.316 e. The first-order valence-corrected chi connectivity index (χ1v) is 13.1. The molecule has 0 saturated heterocycles. The summed E-state index contributed by atoms with van der Waals surface area (Å²) in [5.41, 5.74) is 1.14. The molecule has 0 spiro atoms. The lowest BCUT2D eigenvalue weighted by Gasteiger charge is -2.18. The molecule has 1 unspecified atom stereocenters. The number of carbonyl (C=O) groups is 1. The summed E-state index contributed by atoms with van der Waals surface area (Å²) in [6, 6.07) is 20.8. The molecule has 0 aliphatic heterocycles. The van der Waals surface area contributed by atoms with Gasteiger partial charge in [-0.05, 0) is 68.3 Å². The van der Waals surface area contributed by atoms with Crippen LogP contribution in [0.4, 0.5) is 0 Å². The summed E-state index contributed by atoms with van der Waals surface area (Å²) in [5.74, 6) is 2.81. The standard InChI is InChI=1S/C28H31ClO5S/c1-4-21-17-24(12-14-27(21)35-19-28(30)31-5-2)32-16-15-20(3)33-25-13-11-22(29)18-26(25)34-23-9-7-6-8-10-23/h6-14,17-18,20H,4-5,15-16,19H2,1-3H3. The minimum Gasteiger partial charge on any atom is -0.493 e.